The van der Waals surface area contributed by atoms with E-state index in [1.807, 2.05) is 41.9 Å². The second-order valence-corrected chi connectivity index (χ2v) is 7.61. The minimum atomic E-state index is -1.49. The Kier molecular flexibility index (Phi) is 5.29. The van der Waals surface area contributed by atoms with Crippen molar-refractivity contribution in [1.29, 1.82) is 0 Å². The Hall–Kier alpha value is -2.71. The van der Waals surface area contributed by atoms with Crippen molar-refractivity contribution in [3.63, 3.8) is 0 Å². The monoisotopic (exact) mass is 387 g/mol. The predicted molar refractivity (Wildman–Crippen MR) is 103 cm³/mol. The largest absolute Gasteiger partial charge is 0.479 e. The average molecular weight is 387 g/mol. The molecule has 1 amide bonds. The summed E-state index contributed by atoms with van der Waals surface area (Å²) in [7, 11) is 1.40. The van der Waals surface area contributed by atoms with Crippen LogP contribution in [0.5, 0.6) is 0 Å². The predicted octanol–water partition coefficient (Wildman–Crippen LogP) is 2.67. The van der Waals surface area contributed by atoms with Crippen LogP contribution in [0.2, 0.25) is 0 Å². The van der Waals surface area contributed by atoms with Crippen molar-refractivity contribution < 1.29 is 19.4 Å². The van der Waals surface area contributed by atoms with Gasteiger partial charge in [-0.1, -0.05) is 30.3 Å². The molecule has 0 saturated heterocycles. The first-order valence-electron chi connectivity index (χ1n) is 8.40. The molecule has 1 aromatic carbocycles. The van der Waals surface area contributed by atoms with Crippen molar-refractivity contribution in [2.24, 2.45) is 0 Å². The number of hydrogen-bond acceptors (Lipinski definition) is 5. The van der Waals surface area contributed by atoms with Gasteiger partial charge in [0.25, 0.3) is 5.91 Å². The van der Waals surface area contributed by atoms with Gasteiger partial charge in [0.05, 0.1) is 23.7 Å². The summed E-state index contributed by atoms with van der Waals surface area (Å²) in [6, 6.07) is 11.7. The molecule has 0 radical (unpaired) electrons. The van der Waals surface area contributed by atoms with Gasteiger partial charge in [-0.2, -0.15) is 5.10 Å². The molecule has 0 aliphatic heterocycles. The lowest BCUT2D eigenvalue weighted by Crippen LogP contribution is -2.55. The number of methoxy groups -OCH3 is 1. The van der Waals surface area contributed by atoms with Gasteiger partial charge in [0.15, 0.2) is 5.54 Å². The highest BCUT2D eigenvalue weighted by molar-refractivity contribution is 7.20. The maximum Gasteiger partial charge on any atom is 0.331 e. The molecule has 0 saturated carbocycles. The lowest BCUT2D eigenvalue weighted by Gasteiger charge is -2.24. The fraction of sp³-hybridized carbons (Fsp3) is 0.316. The first-order valence-corrected chi connectivity index (χ1v) is 9.21. The van der Waals surface area contributed by atoms with Gasteiger partial charge in [-0.25, -0.2) is 4.79 Å². The van der Waals surface area contributed by atoms with E-state index in [-0.39, 0.29) is 6.61 Å². The Bertz CT molecular complexity index is 980. The maximum atomic E-state index is 12.6. The zero-order valence-corrected chi connectivity index (χ0v) is 16.2. The van der Waals surface area contributed by atoms with E-state index in [9.17, 15) is 14.7 Å². The van der Waals surface area contributed by atoms with Crippen LogP contribution in [-0.4, -0.2) is 46.0 Å². The van der Waals surface area contributed by atoms with E-state index in [1.54, 1.807) is 6.07 Å². The Morgan fingerprint density at radius 1 is 1.33 bits per heavy atom. The number of carboxylic acid groups (broad SMARTS) is 1. The molecule has 0 bridgehead atoms. The standard InChI is InChI=1S/C19H21N3O4S/c1-12-14-9-15(16(23)20-19(2,11-26-3)18(24)25)27-17(14)22(21-12)10-13-7-5-4-6-8-13/h4-9H,10-11H2,1-3H3,(H,20,23)(H,24,25). The van der Waals surface area contributed by atoms with Gasteiger partial charge in [-0.05, 0) is 25.5 Å². The first kappa shape index (κ1) is 19.1. The third kappa shape index (κ3) is 3.86. The summed E-state index contributed by atoms with van der Waals surface area (Å²) in [5, 5.41) is 17.4. The molecule has 8 heteroatoms. The number of hydrogen-bond donors (Lipinski definition) is 2. The molecule has 1 atom stereocenters. The van der Waals surface area contributed by atoms with Crippen molar-refractivity contribution in [3.8, 4) is 0 Å². The van der Waals surface area contributed by atoms with Gasteiger partial charge in [0.1, 0.15) is 4.83 Å². The Labute approximate surface area is 160 Å². The molecule has 2 heterocycles. The molecule has 142 valence electrons. The summed E-state index contributed by atoms with van der Waals surface area (Å²) in [5.41, 5.74) is 0.446. The molecular weight excluding hydrogens is 366 g/mol. The minimum absolute atomic E-state index is 0.125. The van der Waals surface area contributed by atoms with Crippen LogP contribution in [0, 0.1) is 6.92 Å². The molecule has 2 aromatic heterocycles. The van der Waals surface area contributed by atoms with E-state index in [4.69, 9.17) is 4.74 Å². The second kappa shape index (κ2) is 7.50. The number of nitrogens with zero attached hydrogens (tertiary/aromatic N) is 2. The number of carbonyl (C=O) groups excluding carboxylic acids is 1. The van der Waals surface area contributed by atoms with Crippen molar-refractivity contribution in [2.75, 3.05) is 13.7 Å². The van der Waals surface area contributed by atoms with E-state index in [0.717, 1.165) is 21.5 Å². The molecule has 1 unspecified atom stereocenters. The smallest absolute Gasteiger partial charge is 0.331 e. The number of aromatic nitrogens is 2. The summed E-state index contributed by atoms with van der Waals surface area (Å²) in [4.78, 5) is 25.5. The van der Waals surface area contributed by atoms with Crippen LogP contribution >= 0.6 is 11.3 Å². The summed E-state index contributed by atoms with van der Waals surface area (Å²) in [6.45, 7) is 3.79. The molecule has 0 fully saturated rings. The van der Waals surface area contributed by atoms with E-state index in [2.05, 4.69) is 10.4 Å². The number of thiophene rings is 1. The number of aryl methyl sites for hydroxylation is 1. The van der Waals surface area contributed by atoms with Gasteiger partial charge in [-0.3, -0.25) is 9.48 Å². The van der Waals surface area contributed by atoms with Crippen molar-refractivity contribution in [3.05, 3.63) is 52.5 Å². The number of amides is 1. The number of ether oxygens (including phenoxy) is 1. The first-order chi connectivity index (χ1) is 12.8. The minimum Gasteiger partial charge on any atom is -0.479 e. The van der Waals surface area contributed by atoms with Crippen LogP contribution in [0.25, 0.3) is 10.2 Å². The third-order valence-electron chi connectivity index (χ3n) is 4.30. The van der Waals surface area contributed by atoms with Crippen LogP contribution in [-0.2, 0) is 16.1 Å². The van der Waals surface area contributed by atoms with Crippen LogP contribution in [0.15, 0.2) is 36.4 Å². The zero-order chi connectivity index (χ0) is 19.6. The number of nitrogens with one attached hydrogen (secondary N) is 1. The Balaban J connectivity index is 1.89. The highest BCUT2D eigenvalue weighted by Gasteiger charge is 2.35. The number of fused-ring (bicyclic) bond motifs is 1. The Morgan fingerprint density at radius 2 is 2.04 bits per heavy atom. The molecule has 27 heavy (non-hydrogen) atoms. The fourth-order valence-electron chi connectivity index (χ4n) is 2.84. The fourth-order valence-corrected chi connectivity index (χ4v) is 3.90. The lowest BCUT2D eigenvalue weighted by molar-refractivity contribution is -0.145. The SMILES string of the molecule is COCC(C)(NC(=O)c1cc2c(C)nn(Cc3ccccc3)c2s1)C(=O)O. The van der Waals surface area contributed by atoms with Crippen LogP contribution in [0.3, 0.4) is 0 Å². The van der Waals surface area contributed by atoms with Crippen LogP contribution < -0.4 is 5.32 Å². The van der Waals surface area contributed by atoms with Crippen molar-refractivity contribution >= 4 is 33.4 Å². The van der Waals surface area contributed by atoms with Gasteiger partial charge >= 0.3 is 5.97 Å². The van der Waals surface area contributed by atoms with Gasteiger partial charge in [-0.15, -0.1) is 11.3 Å². The summed E-state index contributed by atoms with van der Waals surface area (Å²) in [6.07, 6.45) is 0. The normalized spacial score (nSPS) is 13.4. The van der Waals surface area contributed by atoms with Crippen LogP contribution in [0.1, 0.15) is 27.9 Å². The molecule has 7 nitrogen and oxygen atoms in total. The number of benzene rings is 1. The van der Waals surface area contributed by atoms with Crippen molar-refractivity contribution in [2.45, 2.75) is 25.9 Å². The molecule has 3 rings (SSSR count). The average Bonchev–Trinajstić information content (AvgIpc) is 3.18. The maximum absolute atomic E-state index is 12.6. The van der Waals surface area contributed by atoms with Crippen molar-refractivity contribution in [1.82, 2.24) is 15.1 Å². The summed E-state index contributed by atoms with van der Waals surface area (Å²) >= 11 is 1.30. The van der Waals surface area contributed by atoms with Gasteiger partial charge in [0.2, 0.25) is 0 Å². The zero-order valence-electron chi connectivity index (χ0n) is 15.4. The van der Waals surface area contributed by atoms with E-state index in [1.165, 1.54) is 25.4 Å². The third-order valence-corrected chi connectivity index (χ3v) is 5.45. The summed E-state index contributed by atoms with van der Waals surface area (Å²) < 4.78 is 6.82. The molecular formula is C19H21N3O4S. The van der Waals surface area contributed by atoms with E-state index >= 15 is 0 Å². The van der Waals surface area contributed by atoms with Crippen LogP contribution in [0.4, 0.5) is 0 Å². The number of carboxylic acids is 1. The summed E-state index contributed by atoms with van der Waals surface area (Å²) in [5.74, 6) is -1.59. The molecule has 0 aliphatic carbocycles. The molecule has 3 aromatic rings. The van der Waals surface area contributed by atoms with E-state index < -0.39 is 17.4 Å². The number of carbonyl (C=O) groups is 2. The van der Waals surface area contributed by atoms with Gasteiger partial charge < -0.3 is 15.2 Å². The van der Waals surface area contributed by atoms with E-state index in [0.29, 0.717) is 11.4 Å². The topological polar surface area (TPSA) is 93.5 Å². The number of rotatable bonds is 7. The van der Waals surface area contributed by atoms with Gasteiger partial charge in [0, 0.05) is 12.5 Å². The highest BCUT2D eigenvalue weighted by Crippen LogP contribution is 2.29. The lowest BCUT2D eigenvalue weighted by atomic mass is 10.0. The second-order valence-electron chi connectivity index (χ2n) is 6.58. The molecule has 2 N–H and O–H groups in total. The number of aliphatic carboxylic acids is 1. The molecule has 0 aliphatic rings. The Morgan fingerprint density at radius 3 is 2.67 bits per heavy atom. The highest BCUT2D eigenvalue weighted by atomic mass is 32.1. The quantitative estimate of drug-likeness (QED) is 0.650. The molecule has 0 spiro atoms.